The van der Waals surface area contributed by atoms with Crippen molar-refractivity contribution in [1.29, 1.82) is 0 Å². The summed E-state index contributed by atoms with van der Waals surface area (Å²) in [5, 5.41) is 27.7. The molecule has 0 heterocycles. The monoisotopic (exact) mass is 689 g/mol. The Balaban J connectivity index is 4.82. The highest BCUT2D eigenvalue weighted by atomic mass is 32.1. The molecule has 19 nitrogen and oxygen atoms in total. The Hall–Kier alpha value is -4.46. The number of aliphatic carboxylic acids is 1. The minimum atomic E-state index is -1.26. The Morgan fingerprint density at radius 3 is 0.766 bits per heavy atom. The maximum absolute atomic E-state index is 12.6. The second-order valence-electron chi connectivity index (χ2n) is 11.0. The van der Waals surface area contributed by atoms with Crippen LogP contribution in [0, 0.1) is 0 Å². The first-order valence-electron chi connectivity index (χ1n) is 14.6. The van der Waals surface area contributed by atoms with E-state index in [2.05, 4.69) is 55.2 Å². The van der Waals surface area contributed by atoms with E-state index in [4.69, 9.17) is 10.8 Å². The number of thiol groups is 1. The molecule has 0 saturated heterocycles. The lowest BCUT2D eigenvalue weighted by molar-refractivity contribution is -0.141. The van der Waals surface area contributed by atoms with Gasteiger partial charge in [-0.1, -0.05) is 0 Å². The Labute approximate surface area is 277 Å². The van der Waals surface area contributed by atoms with E-state index in [1.165, 1.54) is 55.4 Å². The van der Waals surface area contributed by atoms with Crippen molar-refractivity contribution in [2.75, 3.05) is 5.75 Å². The highest BCUT2D eigenvalue weighted by molar-refractivity contribution is 7.80. The molecule has 0 saturated carbocycles. The third-order valence-electron chi connectivity index (χ3n) is 6.53. The molecular formula is C27H47N9O10S. The van der Waals surface area contributed by atoms with E-state index in [1.54, 1.807) is 0 Å². The van der Waals surface area contributed by atoms with Crippen LogP contribution in [0.25, 0.3) is 0 Å². The average molecular weight is 690 g/mol. The largest absolute Gasteiger partial charge is 0.480 e. The molecule has 8 amide bonds. The Bertz CT molecular complexity index is 1200. The molecule has 0 aliphatic heterocycles. The molecule has 0 radical (unpaired) electrons. The zero-order chi connectivity index (χ0) is 36.8. The van der Waals surface area contributed by atoms with Gasteiger partial charge in [0.15, 0.2) is 0 Å². The summed E-state index contributed by atoms with van der Waals surface area (Å²) in [5.41, 5.74) is 5.55. The van der Waals surface area contributed by atoms with Crippen molar-refractivity contribution in [3.63, 3.8) is 0 Å². The van der Waals surface area contributed by atoms with E-state index in [0.717, 1.165) is 0 Å². The van der Waals surface area contributed by atoms with Crippen LogP contribution in [0.1, 0.15) is 55.4 Å². The fourth-order valence-corrected chi connectivity index (χ4v) is 3.46. The molecule has 0 aliphatic rings. The molecule has 0 spiro atoms. The molecule has 0 aromatic heterocycles. The lowest BCUT2D eigenvalue weighted by Gasteiger charge is -2.23. The molecule has 0 aliphatic carbocycles. The molecule has 11 N–H and O–H groups in total. The van der Waals surface area contributed by atoms with Gasteiger partial charge in [-0.2, -0.15) is 12.6 Å². The van der Waals surface area contributed by atoms with Crippen LogP contribution in [0.2, 0.25) is 0 Å². The van der Waals surface area contributed by atoms with Gasteiger partial charge < -0.3 is 53.4 Å². The van der Waals surface area contributed by atoms with Crippen molar-refractivity contribution in [3.05, 3.63) is 0 Å². The van der Waals surface area contributed by atoms with Crippen LogP contribution in [0.3, 0.4) is 0 Å². The first-order valence-corrected chi connectivity index (χ1v) is 15.3. The summed E-state index contributed by atoms with van der Waals surface area (Å²) in [7, 11) is 0. The summed E-state index contributed by atoms with van der Waals surface area (Å²) in [6, 6.07) is -9.90. The first-order chi connectivity index (χ1) is 21.6. The molecule has 0 unspecified atom stereocenters. The summed E-state index contributed by atoms with van der Waals surface area (Å²) in [6.07, 6.45) is 0. The zero-order valence-corrected chi connectivity index (χ0v) is 28.4. The Kier molecular flexibility index (Phi) is 18.0. The van der Waals surface area contributed by atoms with E-state index in [1.807, 2.05) is 0 Å². The Morgan fingerprint density at radius 2 is 0.596 bits per heavy atom. The van der Waals surface area contributed by atoms with Gasteiger partial charge in [0.05, 0.1) is 6.04 Å². The molecule has 0 fully saturated rings. The van der Waals surface area contributed by atoms with E-state index >= 15 is 0 Å². The maximum Gasteiger partial charge on any atom is 0.325 e. The number of hydrogen-bond donors (Lipinski definition) is 11. The van der Waals surface area contributed by atoms with Gasteiger partial charge in [-0.25, -0.2) is 0 Å². The topological polar surface area (TPSA) is 296 Å². The van der Waals surface area contributed by atoms with Crippen LogP contribution in [0.15, 0.2) is 0 Å². The van der Waals surface area contributed by atoms with E-state index in [0.29, 0.717) is 0 Å². The van der Waals surface area contributed by atoms with Crippen molar-refractivity contribution in [2.24, 2.45) is 5.73 Å². The third kappa shape index (κ3) is 15.1. The summed E-state index contributed by atoms with van der Waals surface area (Å²) in [4.78, 5) is 110. The minimum absolute atomic E-state index is 0.0655. The third-order valence-corrected chi connectivity index (χ3v) is 6.92. The zero-order valence-electron chi connectivity index (χ0n) is 27.5. The first kappa shape index (κ1) is 42.5. The van der Waals surface area contributed by atoms with Gasteiger partial charge in [-0.3, -0.25) is 43.2 Å². The number of nitrogens with two attached hydrogens (primary N) is 1. The van der Waals surface area contributed by atoms with E-state index in [9.17, 15) is 43.2 Å². The summed E-state index contributed by atoms with van der Waals surface area (Å²) < 4.78 is 0. The number of amides is 8. The normalized spacial score (nSPS) is 16.5. The van der Waals surface area contributed by atoms with Gasteiger partial charge in [0.25, 0.3) is 0 Å². The second-order valence-corrected chi connectivity index (χ2v) is 11.3. The van der Waals surface area contributed by atoms with Gasteiger partial charge in [0.1, 0.15) is 48.3 Å². The summed E-state index contributed by atoms with van der Waals surface area (Å²) in [5.74, 6) is -6.96. The van der Waals surface area contributed by atoms with Crippen LogP contribution in [-0.2, 0) is 43.2 Å². The maximum atomic E-state index is 12.6. The van der Waals surface area contributed by atoms with Gasteiger partial charge >= 0.3 is 5.97 Å². The van der Waals surface area contributed by atoms with E-state index < -0.39 is 108 Å². The number of carboxylic acid groups (broad SMARTS) is 1. The predicted octanol–water partition coefficient (Wildman–Crippen LogP) is -4.63. The van der Waals surface area contributed by atoms with Crippen molar-refractivity contribution >= 4 is 65.9 Å². The van der Waals surface area contributed by atoms with Crippen LogP contribution in [0.5, 0.6) is 0 Å². The second kappa shape index (κ2) is 19.9. The fourth-order valence-electron chi connectivity index (χ4n) is 3.29. The standard InChI is InChI=1S/C27H47N9O10S/c1-10(29-20(38)12(3)31-22(40)14(5)33-24(42)16(7)35-26(44)18(28)9-47)19(37)30-11(2)21(39)32-13(4)23(41)34-15(6)25(43)36-17(8)27(45)46/h10-18,47H,9,28H2,1-8H3,(H,29,38)(H,30,37)(H,31,40)(H,32,39)(H,33,42)(H,34,41)(H,35,44)(H,36,43)(H,45,46)/t10-,11-,12-,13-,14-,15-,16-,17-,18-/m0/s1. The number of nitrogens with one attached hydrogen (secondary N) is 8. The number of carboxylic acids is 1. The smallest absolute Gasteiger partial charge is 0.325 e. The number of rotatable bonds is 18. The quantitative estimate of drug-likeness (QED) is 0.0608. The highest BCUT2D eigenvalue weighted by Crippen LogP contribution is 1.96. The molecule has 20 heteroatoms. The van der Waals surface area contributed by atoms with Gasteiger partial charge in [0.2, 0.25) is 47.3 Å². The van der Waals surface area contributed by atoms with Crippen LogP contribution in [-0.4, -0.2) is 118 Å². The van der Waals surface area contributed by atoms with Gasteiger partial charge in [-0.05, 0) is 55.4 Å². The van der Waals surface area contributed by atoms with Gasteiger partial charge in [-0.15, -0.1) is 0 Å². The Morgan fingerprint density at radius 1 is 0.426 bits per heavy atom. The van der Waals surface area contributed by atoms with Gasteiger partial charge in [0, 0.05) is 5.75 Å². The van der Waals surface area contributed by atoms with Crippen molar-refractivity contribution < 1.29 is 48.3 Å². The molecule has 9 atom stereocenters. The molecular weight excluding hydrogens is 642 g/mol. The number of carbonyl (C=O) groups excluding carboxylic acids is 8. The minimum Gasteiger partial charge on any atom is -0.480 e. The van der Waals surface area contributed by atoms with Crippen molar-refractivity contribution in [2.45, 2.75) is 110 Å². The van der Waals surface area contributed by atoms with Crippen LogP contribution in [0.4, 0.5) is 0 Å². The van der Waals surface area contributed by atoms with Crippen molar-refractivity contribution in [1.82, 2.24) is 42.5 Å². The highest BCUT2D eigenvalue weighted by Gasteiger charge is 2.28. The molecule has 266 valence electrons. The predicted molar refractivity (Wildman–Crippen MR) is 170 cm³/mol. The van der Waals surface area contributed by atoms with Crippen LogP contribution < -0.4 is 48.3 Å². The summed E-state index contributed by atoms with van der Waals surface area (Å²) >= 11 is 3.91. The summed E-state index contributed by atoms with van der Waals surface area (Å²) in [6.45, 7) is 10.7. The van der Waals surface area contributed by atoms with Crippen molar-refractivity contribution in [3.8, 4) is 0 Å². The number of hydrogen-bond acceptors (Lipinski definition) is 11. The molecule has 0 rings (SSSR count). The lowest BCUT2D eigenvalue weighted by Crippen LogP contribution is -2.58. The molecule has 47 heavy (non-hydrogen) atoms. The fraction of sp³-hybridized carbons (Fsp3) is 0.667. The molecule has 0 aromatic carbocycles. The molecule has 0 aromatic rings. The molecule has 0 bridgehead atoms. The lowest BCUT2D eigenvalue weighted by atomic mass is 10.2. The van der Waals surface area contributed by atoms with Crippen LogP contribution >= 0.6 is 12.6 Å². The average Bonchev–Trinajstić information content (AvgIpc) is 2.99. The van der Waals surface area contributed by atoms with E-state index in [-0.39, 0.29) is 5.75 Å². The number of carbonyl (C=O) groups is 9. The SMILES string of the molecule is C[C@H](NC(=O)[C@H](C)NC(=O)[C@H](C)NC(=O)[C@H](C)NC(=O)[C@H](C)NC(=O)[C@H](C)NC(=O)[C@H](C)NC(=O)[C@H](C)NC(=O)[C@@H](N)CS)C(=O)O.